The van der Waals surface area contributed by atoms with Gasteiger partial charge in [0.1, 0.15) is 0 Å². The van der Waals surface area contributed by atoms with E-state index in [1.807, 2.05) is 6.08 Å². The minimum Gasteiger partial charge on any atom is -0.481 e. The van der Waals surface area contributed by atoms with Gasteiger partial charge in [-0.15, -0.1) is 0 Å². The van der Waals surface area contributed by atoms with Crippen LogP contribution in [0.5, 0.6) is 0 Å². The first-order valence-corrected chi connectivity index (χ1v) is 6.01. The van der Waals surface area contributed by atoms with E-state index in [-0.39, 0.29) is 19.1 Å². The van der Waals surface area contributed by atoms with Gasteiger partial charge in [0.05, 0.1) is 31.7 Å². The fraction of sp³-hybridized carbons (Fsp3) is 0.667. The van der Waals surface area contributed by atoms with Gasteiger partial charge in [0, 0.05) is 6.54 Å². The molecular weight excluding hydrogens is 238 g/mol. The summed E-state index contributed by atoms with van der Waals surface area (Å²) >= 11 is 0. The quantitative estimate of drug-likeness (QED) is 0.433. The summed E-state index contributed by atoms with van der Waals surface area (Å²) in [6, 6.07) is 0. The topological polar surface area (TPSA) is 95.9 Å². The molecule has 0 bridgehead atoms. The van der Waals surface area contributed by atoms with E-state index in [0.717, 1.165) is 0 Å². The summed E-state index contributed by atoms with van der Waals surface area (Å²) in [7, 11) is 0. The molecule has 0 radical (unpaired) electrons. The summed E-state index contributed by atoms with van der Waals surface area (Å²) in [5.74, 6) is -2.34. The molecule has 3 N–H and O–H groups in total. The second-order valence-corrected chi connectivity index (χ2v) is 4.12. The normalized spacial score (nSPS) is 22.7. The van der Waals surface area contributed by atoms with Crippen LogP contribution in [0.4, 0.5) is 0 Å². The number of rotatable bonds is 7. The molecule has 102 valence electrons. The van der Waals surface area contributed by atoms with Gasteiger partial charge in [-0.2, -0.15) is 0 Å². The van der Waals surface area contributed by atoms with Gasteiger partial charge in [-0.05, 0) is 12.8 Å². The number of aliphatic hydroxyl groups excluding tert-OH is 1. The van der Waals surface area contributed by atoms with Crippen molar-refractivity contribution in [2.24, 2.45) is 11.8 Å². The van der Waals surface area contributed by atoms with Crippen LogP contribution in [0.15, 0.2) is 12.2 Å². The molecule has 0 aliphatic heterocycles. The van der Waals surface area contributed by atoms with E-state index in [0.29, 0.717) is 26.0 Å². The Labute approximate surface area is 106 Å². The lowest BCUT2D eigenvalue weighted by molar-refractivity contribution is -0.147. The van der Waals surface area contributed by atoms with Crippen LogP contribution in [0.3, 0.4) is 0 Å². The highest BCUT2D eigenvalue weighted by molar-refractivity contribution is 5.85. The van der Waals surface area contributed by atoms with Crippen molar-refractivity contribution in [2.75, 3.05) is 26.4 Å². The van der Waals surface area contributed by atoms with Crippen molar-refractivity contribution in [1.82, 2.24) is 5.32 Å². The summed E-state index contributed by atoms with van der Waals surface area (Å²) in [5.41, 5.74) is 0. The van der Waals surface area contributed by atoms with Gasteiger partial charge >= 0.3 is 5.97 Å². The molecule has 2 atom stereocenters. The first-order chi connectivity index (χ1) is 8.66. The van der Waals surface area contributed by atoms with Crippen LogP contribution in [-0.2, 0) is 14.3 Å². The van der Waals surface area contributed by atoms with Crippen molar-refractivity contribution in [3.63, 3.8) is 0 Å². The number of hydrogen-bond donors (Lipinski definition) is 3. The van der Waals surface area contributed by atoms with Crippen molar-refractivity contribution in [1.29, 1.82) is 0 Å². The van der Waals surface area contributed by atoms with Gasteiger partial charge < -0.3 is 20.3 Å². The number of carbonyl (C=O) groups is 2. The van der Waals surface area contributed by atoms with Crippen LogP contribution in [0.2, 0.25) is 0 Å². The lowest BCUT2D eigenvalue weighted by Crippen LogP contribution is -2.40. The van der Waals surface area contributed by atoms with Gasteiger partial charge in [-0.25, -0.2) is 0 Å². The molecule has 1 amide bonds. The van der Waals surface area contributed by atoms with E-state index < -0.39 is 17.8 Å². The van der Waals surface area contributed by atoms with Crippen molar-refractivity contribution in [3.05, 3.63) is 12.2 Å². The van der Waals surface area contributed by atoms with Gasteiger partial charge in [0.2, 0.25) is 5.91 Å². The molecule has 2 unspecified atom stereocenters. The van der Waals surface area contributed by atoms with E-state index >= 15 is 0 Å². The summed E-state index contributed by atoms with van der Waals surface area (Å²) < 4.78 is 5.00. The van der Waals surface area contributed by atoms with Crippen molar-refractivity contribution in [3.8, 4) is 0 Å². The lowest BCUT2D eigenvalue weighted by atomic mass is 9.82. The number of ether oxygens (including phenoxy) is 1. The molecule has 1 rings (SSSR count). The fourth-order valence-electron chi connectivity index (χ4n) is 1.92. The van der Waals surface area contributed by atoms with Crippen molar-refractivity contribution in [2.45, 2.75) is 12.8 Å². The van der Waals surface area contributed by atoms with E-state index in [1.54, 1.807) is 6.08 Å². The molecule has 18 heavy (non-hydrogen) atoms. The monoisotopic (exact) mass is 257 g/mol. The molecule has 0 saturated carbocycles. The van der Waals surface area contributed by atoms with Gasteiger partial charge in [-0.3, -0.25) is 9.59 Å². The standard InChI is InChI=1S/C12H19NO5/c14-6-8-18-7-5-13-11(15)9-3-1-2-4-10(9)12(16)17/h1-2,9-10,14H,3-8H2,(H,13,15)(H,16,17). The molecule has 6 nitrogen and oxygen atoms in total. The van der Waals surface area contributed by atoms with Crippen LogP contribution < -0.4 is 5.32 Å². The van der Waals surface area contributed by atoms with Crippen molar-refractivity contribution >= 4 is 11.9 Å². The number of aliphatic hydroxyl groups is 1. The SMILES string of the molecule is O=C(O)C1CC=CCC1C(=O)NCCOCCO. The second-order valence-electron chi connectivity index (χ2n) is 4.12. The number of allylic oxidation sites excluding steroid dienone is 2. The number of nitrogens with one attached hydrogen (secondary N) is 1. The maximum atomic E-state index is 11.8. The van der Waals surface area contributed by atoms with Crippen LogP contribution >= 0.6 is 0 Å². The molecule has 0 aromatic rings. The largest absolute Gasteiger partial charge is 0.481 e. The minimum atomic E-state index is -0.934. The molecule has 0 saturated heterocycles. The smallest absolute Gasteiger partial charge is 0.307 e. The summed E-state index contributed by atoms with van der Waals surface area (Å²) in [6.07, 6.45) is 4.49. The highest BCUT2D eigenvalue weighted by Gasteiger charge is 2.33. The number of carboxylic acid groups (broad SMARTS) is 1. The van der Waals surface area contributed by atoms with E-state index in [1.165, 1.54) is 0 Å². The highest BCUT2D eigenvalue weighted by atomic mass is 16.5. The zero-order chi connectivity index (χ0) is 13.4. The summed E-state index contributed by atoms with van der Waals surface area (Å²) in [4.78, 5) is 22.9. The Morgan fingerprint density at radius 2 is 1.89 bits per heavy atom. The molecule has 0 fully saturated rings. The molecule has 1 aliphatic rings. The molecule has 0 aromatic carbocycles. The Kier molecular flexibility index (Phi) is 6.38. The number of aliphatic carboxylic acids is 1. The number of hydrogen-bond acceptors (Lipinski definition) is 4. The number of amides is 1. The third-order valence-corrected chi connectivity index (χ3v) is 2.87. The van der Waals surface area contributed by atoms with E-state index in [2.05, 4.69) is 5.32 Å². The minimum absolute atomic E-state index is 0.0531. The van der Waals surface area contributed by atoms with Crippen molar-refractivity contribution < 1.29 is 24.5 Å². The molecule has 0 heterocycles. The maximum absolute atomic E-state index is 11.8. The van der Waals surface area contributed by atoms with Crippen LogP contribution in [0.1, 0.15) is 12.8 Å². The zero-order valence-corrected chi connectivity index (χ0v) is 10.2. The third kappa shape index (κ3) is 4.46. The average Bonchev–Trinajstić information content (AvgIpc) is 2.38. The van der Waals surface area contributed by atoms with E-state index in [9.17, 15) is 9.59 Å². The van der Waals surface area contributed by atoms with Crippen LogP contribution in [0, 0.1) is 11.8 Å². The lowest BCUT2D eigenvalue weighted by Gasteiger charge is -2.24. The fourth-order valence-corrected chi connectivity index (χ4v) is 1.92. The molecule has 0 spiro atoms. The first kappa shape index (κ1) is 14.7. The molecule has 0 aromatic heterocycles. The summed E-state index contributed by atoms with van der Waals surface area (Å²) in [5, 5.41) is 20.2. The number of carbonyl (C=O) groups excluding carboxylic acids is 1. The molecule has 1 aliphatic carbocycles. The highest BCUT2D eigenvalue weighted by Crippen LogP contribution is 2.25. The Hall–Kier alpha value is -1.40. The predicted molar refractivity (Wildman–Crippen MR) is 63.9 cm³/mol. The average molecular weight is 257 g/mol. The zero-order valence-electron chi connectivity index (χ0n) is 10.2. The molecular formula is C12H19NO5. The first-order valence-electron chi connectivity index (χ1n) is 6.01. The Morgan fingerprint density at radius 3 is 2.50 bits per heavy atom. The van der Waals surface area contributed by atoms with E-state index in [4.69, 9.17) is 14.9 Å². The second kappa shape index (κ2) is 7.84. The van der Waals surface area contributed by atoms with Crippen LogP contribution in [0.25, 0.3) is 0 Å². The third-order valence-electron chi connectivity index (χ3n) is 2.87. The van der Waals surface area contributed by atoms with Gasteiger partial charge in [0.15, 0.2) is 0 Å². The Balaban J connectivity index is 2.35. The number of carboxylic acids is 1. The predicted octanol–water partition coefficient (Wildman–Crippen LogP) is -0.221. The van der Waals surface area contributed by atoms with Crippen LogP contribution in [-0.4, -0.2) is 48.5 Å². The Morgan fingerprint density at radius 1 is 1.22 bits per heavy atom. The van der Waals surface area contributed by atoms with Gasteiger partial charge in [-0.1, -0.05) is 12.2 Å². The Bertz CT molecular complexity index is 316. The maximum Gasteiger partial charge on any atom is 0.307 e. The summed E-state index contributed by atoms with van der Waals surface area (Å²) in [6.45, 7) is 0.820. The molecule has 6 heteroatoms. The van der Waals surface area contributed by atoms with Gasteiger partial charge in [0.25, 0.3) is 0 Å².